The van der Waals surface area contributed by atoms with Crippen molar-refractivity contribution < 1.29 is 14.3 Å². The van der Waals surface area contributed by atoms with Gasteiger partial charge in [0.2, 0.25) is 5.91 Å². The van der Waals surface area contributed by atoms with Crippen molar-refractivity contribution in [3.8, 4) is 11.1 Å². The number of nitrogens with one attached hydrogen (secondary N) is 1. The second-order valence-electron chi connectivity index (χ2n) is 6.39. The highest BCUT2D eigenvalue weighted by atomic mass is 35.5. The minimum atomic E-state index is -0.495. The summed E-state index contributed by atoms with van der Waals surface area (Å²) in [4.78, 5) is 27.0. The molecule has 0 bridgehead atoms. The minimum Gasteiger partial charge on any atom is -0.465 e. The molecule has 7 heteroatoms. The molecule has 0 fully saturated rings. The average molecular weight is 446 g/mol. The highest BCUT2D eigenvalue weighted by Crippen LogP contribution is 2.41. The Bertz CT molecular complexity index is 1040. The number of benzene rings is 2. The molecule has 1 aromatic heterocycles. The Hall–Kier alpha value is -2.28. The first-order chi connectivity index (χ1) is 13.9. The van der Waals surface area contributed by atoms with Crippen LogP contribution in [0.5, 0.6) is 0 Å². The third-order valence-electron chi connectivity index (χ3n) is 4.23. The van der Waals surface area contributed by atoms with Crippen LogP contribution in [0.4, 0.5) is 5.00 Å². The monoisotopic (exact) mass is 445 g/mol. The van der Waals surface area contributed by atoms with E-state index in [0.717, 1.165) is 20.9 Å². The van der Waals surface area contributed by atoms with Crippen LogP contribution < -0.4 is 5.32 Å². The van der Waals surface area contributed by atoms with E-state index in [2.05, 4.69) is 5.32 Å². The summed E-state index contributed by atoms with van der Waals surface area (Å²) >= 11 is 8.92. The van der Waals surface area contributed by atoms with Crippen molar-refractivity contribution in [2.24, 2.45) is 0 Å². The van der Waals surface area contributed by atoms with Gasteiger partial charge < -0.3 is 10.1 Å². The third-order valence-corrected chi connectivity index (χ3v) is 6.50. The van der Waals surface area contributed by atoms with Crippen molar-refractivity contribution in [1.29, 1.82) is 0 Å². The van der Waals surface area contributed by atoms with E-state index in [1.165, 1.54) is 35.8 Å². The summed E-state index contributed by atoms with van der Waals surface area (Å²) < 4.78 is 4.98. The molecule has 29 heavy (non-hydrogen) atoms. The molecule has 1 N–H and O–H groups in total. The van der Waals surface area contributed by atoms with Crippen molar-refractivity contribution in [2.75, 3.05) is 18.2 Å². The molecule has 2 aromatic carbocycles. The Balaban J connectivity index is 1.85. The van der Waals surface area contributed by atoms with Crippen LogP contribution in [0.1, 0.15) is 20.8 Å². The van der Waals surface area contributed by atoms with E-state index in [9.17, 15) is 9.59 Å². The number of esters is 1. The molecular formula is C22H20ClNO3S2. The van der Waals surface area contributed by atoms with Crippen molar-refractivity contribution in [1.82, 2.24) is 0 Å². The smallest absolute Gasteiger partial charge is 0.341 e. The number of thiophene rings is 1. The topological polar surface area (TPSA) is 55.4 Å². The van der Waals surface area contributed by atoms with Crippen molar-refractivity contribution in [3.63, 3.8) is 0 Å². The Kier molecular flexibility index (Phi) is 7.00. The highest BCUT2D eigenvalue weighted by molar-refractivity contribution is 8.00. The SMILES string of the molecule is COC(=O)c1c(NC(=O)CSc2ccc(C)cc2)sc(C)c1-c1cccc(Cl)c1. The first kappa shape index (κ1) is 21.4. The Labute approximate surface area is 183 Å². The molecule has 3 aromatic rings. The van der Waals surface area contributed by atoms with Gasteiger partial charge in [-0.3, -0.25) is 4.79 Å². The number of thioether (sulfide) groups is 1. The molecule has 0 saturated carbocycles. The molecule has 1 amide bonds. The third kappa shape index (κ3) is 5.21. The van der Waals surface area contributed by atoms with E-state index in [1.54, 1.807) is 12.1 Å². The van der Waals surface area contributed by atoms with Gasteiger partial charge in [0.05, 0.1) is 12.9 Å². The fourth-order valence-corrected chi connectivity index (χ4v) is 4.84. The molecule has 0 radical (unpaired) electrons. The van der Waals surface area contributed by atoms with Crippen LogP contribution in [0.3, 0.4) is 0 Å². The standard InChI is InChI=1S/C22H20ClNO3S2/c1-13-7-9-17(10-8-13)28-12-18(25)24-21-20(22(26)27-3)19(14(2)29-21)15-5-4-6-16(23)11-15/h4-11H,12H2,1-3H3,(H,24,25). The van der Waals surface area contributed by atoms with Gasteiger partial charge in [-0.15, -0.1) is 23.1 Å². The summed E-state index contributed by atoms with van der Waals surface area (Å²) in [5.41, 5.74) is 3.06. The van der Waals surface area contributed by atoms with Crippen molar-refractivity contribution >= 4 is 51.6 Å². The van der Waals surface area contributed by atoms with Gasteiger partial charge in [-0.2, -0.15) is 0 Å². The first-order valence-corrected chi connectivity index (χ1v) is 11.0. The van der Waals surface area contributed by atoms with E-state index in [1.807, 2.05) is 50.2 Å². The van der Waals surface area contributed by atoms with Gasteiger partial charge in [0.1, 0.15) is 10.6 Å². The van der Waals surface area contributed by atoms with E-state index in [-0.39, 0.29) is 11.7 Å². The van der Waals surface area contributed by atoms with Crippen LogP contribution in [-0.4, -0.2) is 24.7 Å². The average Bonchev–Trinajstić information content (AvgIpc) is 3.02. The molecule has 150 valence electrons. The number of hydrogen-bond donors (Lipinski definition) is 1. The van der Waals surface area contributed by atoms with Gasteiger partial charge in [0, 0.05) is 20.4 Å². The molecule has 0 spiro atoms. The number of carbonyl (C=O) groups is 2. The van der Waals surface area contributed by atoms with E-state index >= 15 is 0 Å². The predicted octanol–water partition coefficient (Wildman–Crippen LogP) is 6.20. The number of hydrogen-bond acceptors (Lipinski definition) is 5. The molecule has 0 atom stereocenters. The number of carbonyl (C=O) groups excluding carboxylic acids is 2. The van der Waals surface area contributed by atoms with Gasteiger partial charge in [-0.1, -0.05) is 41.4 Å². The van der Waals surface area contributed by atoms with Gasteiger partial charge in [-0.05, 0) is 43.7 Å². The number of methoxy groups -OCH3 is 1. The fraction of sp³-hybridized carbons (Fsp3) is 0.182. The number of anilines is 1. The van der Waals surface area contributed by atoms with Crippen LogP contribution in [-0.2, 0) is 9.53 Å². The van der Waals surface area contributed by atoms with E-state index < -0.39 is 5.97 Å². The number of amides is 1. The summed E-state index contributed by atoms with van der Waals surface area (Å²) in [5, 5.41) is 3.94. The van der Waals surface area contributed by atoms with Crippen LogP contribution in [0.2, 0.25) is 5.02 Å². The van der Waals surface area contributed by atoms with Crippen molar-refractivity contribution in [3.05, 3.63) is 69.6 Å². The summed E-state index contributed by atoms with van der Waals surface area (Å²) in [6.07, 6.45) is 0. The van der Waals surface area contributed by atoms with E-state index in [4.69, 9.17) is 16.3 Å². The zero-order valence-electron chi connectivity index (χ0n) is 16.2. The lowest BCUT2D eigenvalue weighted by atomic mass is 10.0. The molecule has 0 unspecified atom stereocenters. The molecule has 0 aliphatic heterocycles. The number of halogens is 1. The molecule has 1 heterocycles. The summed E-state index contributed by atoms with van der Waals surface area (Å²) in [6.45, 7) is 3.93. The van der Waals surface area contributed by atoms with Crippen molar-refractivity contribution in [2.45, 2.75) is 18.7 Å². The normalized spacial score (nSPS) is 10.6. The van der Waals surface area contributed by atoms with Gasteiger partial charge in [0.15, 0.2) is 0 Å². The molecule has 4 nitrogen and oxygen atoms in total. The minimum absolute atomic E-state index is 0.181. The fourth-order valence-electron chi connectivity index (χ4n) is 2.87. The summed E-state index contributed by atoms with van der Waals surface area (Å²) in [6, 6.07) is 15.3. The lowest BCUT2D eigenvalue weighted by Gasteiger charge is -2.08. The number of ether oxygens (including phenoxy) is 1. The number of rotatable bonds is 6. The number of aryl methyl sites for hydroxylation is 2. The van der Waals surface area contributed by atoms with Crippen LogP contribution >= 0.6 is 34.7 Å². The molecule has 0 aliphatic carbocycles. The molecule has 0 saturated heterocycles. The first-order valence-electron chi connectivity index (χ1n) is 8.86. The van der Waals surface area contributed by atoms with Gasteiger partial charge in [-0.25, -0.2) is 4.79 Å². The summed E-state index contributed by atoms with van der Waals surface area (Å²) in [5.74, 6) is -0.432. The Morgan fingerprint density at radius 2 is 1.86 bits per heavy atom. The second-order valence-corrected chi connectivity index (χ2v) is 9.10. The summed E-state index contributed by atoms with van der Waals surface area (Å²) in [7, 11) is 1.33. The maximum atomic E-state index is 12.5. The molecular weight excluding hydrogens is 426 g/mol. The zero-order chi connectivity index (χ0) is 21.0. The quantitative estimate of drug-likeness (QED) is 0.362. The lowest BCUT2D eigenvalue weighted by molar-refractivity contribution is -0.113. The van der Waals surface area contributed by atoms with Crippen LogP contribution in [0.25, 0.3) is 11.1 Å². The Morgan fingerprint density at radius 3 is 2.52 bits per heavy atom. The molecule has 3 rings (SSSR count). The maximum Gasteiger partial charge on any atom is 0.341 e. The second kappa shape index (κ2) is 9.48. The molecule has 0 aliphatic rings. The largest absolute Gasteiger partial charge is 0.465 e. The zero-order valence-corrected chi connectivity index (χ0v) is 18.6. The predicted molar refractivity (Wildman–Crippen MR) is 121 cm³/mol. The lowest BCUT2D eigenvalue weighted by Crippen LogP contribution is -2.16. The van der Waals surface area contributed by atoms with E-state index in [0.29, 0.717) is 15.6 Å². The van der Waals surface area contributed by atoms with Gasteiger partial charge >= 0.3 is 5.97 Å². The maximum absolute atomic E-state index is 12.5. The van der Waals surface area contributed by atoms with Crippen LogP contribution in [0.15, 0.2) is 53.4 Å². The van der Waals surface area contributed by atoms with Gasteiger partial charge in [0.25, 0.3) is 0 Å². The highest BCUT2D eigenvalue weighted by Gasteiger charge is 2.25. The Morgan fingerprint density at radius 1 is 1.14 bits per heavy atom. The van der Waals surface area contributed by atoms with Crippen LogP contribution in [0, 0.1) is 13.8 Å².